The van der Waals surface area contributed by atoms with Crippen molar-refractivity contribution in [3.8, 4) is 0 Å². The fraction of sp³-hybridized carbons (Fsp3) is 0.647. The summed E-state index contributed by atoms with van der Waals surface area (Å²) in [5, 5.41) is 0. The van der Waals surface area contributed by atoms with E-state index in [1.807, 2.05) is 0 Å². The highest BCUT2D eigenvalue weighted by Gasteiger charge is 2.31. The van der Waals surface area contributed by atoms with Crippen LogP contribution in [-0.4, -0.2) is 13.2 Å². The lowest BCUT2D eigenvalue weighted by Crippen LogP contribution is -2.34. The smallest absolute Gasteiger partial charge is 0.183 e. The van der Waals surface area contributed by atoms with Crippen LogP contribution < -0.4 is 17.2 Å². The molecule has 2 fully saturated rings. The highest BCUT2D eigenvalue weighted by Crippen LogP contribution is 2.38. The van der Waals surface area contributed by atoms with Crippen LogP contribution in [0, 0.1) is 17.8 Å². The first-order valence-electron chi connectivity index (χ1n) is 8.22. The first kappa shape index (κ1) is 15.4. The molecule has 1 aliphatic heterocycles. The number of ether oxygens (including phenoxy) is 2. The Bertz CT molecular complexity index is 496. The van der Waals surface area contributed by atoms with Crippen molar-refractivity contribution in [1.82, 2.24) is 0 Å². The monoisotopic (exact) mass is 305 g/mol. The van der Waals surface area contributed by atoms with Gasteiger partial charge in [0, 0.05) is 11.5 Å². The molecule has 0 aromatic heterocycles. The lowest BCUT2D eigenvalue weighted by Gasteiger charge is -2.37. The highest BCUT2D eigenvalue weighted by molar-refractivity contribution is 5.78. The fourth-order valence-corrected chi connectivity index (χ4v) is 3.60. The van der Waals surface area contributed by atoms with Crippen LogP contribution >= 0.6 is 0 Å². The topological polar surface area (TPSA) is 96.5 Å². The number of hydrogen-bond donors (Lipinski definition) is 3. The third kappa shape index (κ3) is 3.15. The molecule has 2 aliphatic rings. The number of anilines is 3. The van der Waals surface area contributed by atoms with E-state index in [2.05, 4.69) is 6.92 Å². The van der Waals surface area contributed by atoms with Gasteiger partial charge in [-0.3, -0.25) is 0 Å². The minimum atomic E-state index is -0.385. The molecule has 1 saturated carbocycles. The van der Waals surface area contributed by atoms with E-state index in [-0.39, 0.29) is 6.29 Å². The van der Waals surface area contributed by atoms with E-state index in [0.29, 0.717) is 23.0 Å². The lowest BCUT2D eigenvalue weighted by molar-refractivity contribution is -0.214. The maximum atomic E-state index is 5.93. The predicted molar refractivity (Wildman–Crippen MR) is 88.9 cm³/mol. The summed E-state index contributed by atoms with van der Waals surface area (Å²) in [7, 11) is 0. The maximum absolute atomic E-state index is 5.93. The van der Waals surface area contributed by atoms with Gasteiger partial charge in [0.15, 0.2) is 6.29 Å². The molecule has 1 saturated heterocycles. The summed E-state index contributed by atoms with van der Waals surface area (Å²) >= 11 is 0. The Morgan fingerprint density at radius 1 is 0.864 bits per heavy atom. The van der Waals surface area contributed by atoms with Crippen LogP contribution in [0.5, 0.6) is 0 Å². The van der Waals surface area contributed by atoms with Gasteiger partial charge in [-0.2, -0.15) is 0 Å². The zero-order chi connectivity index (χ0) is 15.7. The molecule has 0 bridgehead atoms. The van der Waals surface area contributed by atoms with Crippen LogP contribution in [0.4, 0.5) is 17.1 Å². The molecule has 0 amide bonds. The molecule has 1 aliphatic carbocycles. The van der Waals surface area contributed by atoms with E-state index >= 15 is 0 Å². The normalized spacial score (nSPS) is 32.8. The summed E-state index contributed by atoms with van der Waals surface area (Å²) in [4.78, 5) is 0. The van der Waals surface area contributed by atoms with E-state index in [9.17, 15) is 0 Å². The Labute approximate surface area is 132 Å². The van der Waals surface area contributed by atoms with Gasteiger partial charge in [-0.25, -0.2) is 0 Å². The van der Waals surface area contributed by atoms with Crippen LogP contribution in [0.25, 0.3) is 0 Å². The van der Waals surface area contributed by atoms with Crippen molar-refractivity contribution in [2.45, 2.75) is 38.9 Å². The number of nitrogens with two attached hydrogens (primary N) is 3. The van der Waals surface area contributed by atoms with E-state index in [1.54, 1.807) is 12.1 Å². The minimum absolute atomic E-state index is 0.385. The second-order valence-electron chi connectivity index (χ2n) is 6.89. The molecule has 1 aromatic carbocycles. The lowest BCUT2D eigenvalue weighted by atomic mass is 9.76. The molecule has 6 N–H and O–H groups in total. The third-order valence-electron chi connectivity index (χ3n) is 5.19. The van der Waals surface area contributed by atoms with Crippen molar-refractivity contribution in [1.29, 1.82) is 0 Å². The molecule has 5 heteroatoms. The van der Waals surface area contributed by atoms with E-state index in [0.717, 1.165) is 30.6 Å². The zero-order valence-corrected chi connectivity index (χ0v) is 13.3. The molecular weight excluding hydrogens is 278 g/mol. The first-order chi connectivity index (χ1) is 10.5. The van der Waals surface area contributed by atoms with Crippen molar-refractivity contribution < 1.29 is 9.47 Å². The maximum Gasteiger partial charge on any atom is 0.183 e. The first-order valence-corrected chi connectivity index (χ1v) is 8.22. The molecule has 0 atom stereocenters. The van der Waals surface area contributed by atoms with Gasteiger partial charge in [0.05, 0.1) is 30.3 Å². The van der Waals surface area contributed by atoms with Crippen LogP contribution in [0.2, 0.25) is 0 Å². The molecule has 0 unspecified atom stereocenters. The minimum Gasteiger partial charge on any atom is -0.397 e. The highest BCUT2D eigenvalue weighted by atomic mass is 16.7. The average Bonchev–Trinajstić information content (AvgIpc) is 2.53. The van der Waals surface area contributed by atoms with Gasteiger partial charge in [-0.1, -0.05) is 19.8 Å². The number of hydrogen-bond acceptors (Lipinski definition) is 5. The Morgan fingerprint density at radius 3 is 1.95 bits per heavy atom. The van der Waals surface area contributed by atoms with Gasteiger partial charge < -0.3 is 26.7 Å². The van der Waals surface area contributed by atoms with Gasteiger partial charge in [0.25, 0.3) is 0 Å². The molecule has 0 spiro atoms. The largest absolute Gasteiger partial charge is 0.397 e. The van der Waals surface area contributed by atoms with Gasteiger partial charge in [0.2, 0.25) is 0 Å². The average molecular weight is 305 g/mol. The molecule has 1 heterocycles. The van der Waals surface area contributed by atoms with E-state index in [4.69, 9.17) is 26.7 Å². The second-order valence-corrected chi connectivity index (χ2v) is 6.89. The summed E-state index contributed by atoms with van der Waals surface area (Å²) in [6, 6.07) is 3.58. The standard InChI is InChI=1S/C17H27N3O2/c1-10-2-4-11(5-3-10)13-8-21-17(22-9-13)12-6-14(18)16(20)15(19)7-12/h6-7,10-11,13,17H,2-5,8-9,18-20H2,1H3. The number of rotatable bonds is 2. The molecule has 1 aromatic rings. The van der Waals surface area contributed by atoms with Gasteiger partial charge in [-0.15, -0.1) is 0 Å². The second kappa shape index (κ2) is 6.34. The van der Waals surface area contributed by atoms with Crippen molar-refractivity contribution in [2.24, 2.45) is 17.8 Å². The number of benzene rings is 1. The summed E-state index contributed by atoms with van der Waals surface area (Å²) in [6.07, 6.45) is 4.87. The Hall–Kier alpha value is -1.46. The van der Waals surface area contributed by atoms with Gasteiger partial charge >= 0.3 is 0 Å². The van der Waals surface area contributed by atoms with Crippen molar-refractivity contribution in [3.63, 3.8) is 0 Å². The van der Waals surface area contributed by atoms with Crippen LogP contribution in [-0.2, 0) is 9.47 Å². The molecule has 0 radical (unpaired) electrons. The van der Waals surface area contributed by atoms with Crippen LogP contribution in [0.15, 0.2) is 12.1 Å². The SMILES string of the molecule is CC1CCC(C2COC(c3cc(N)c(N)c(N)c3)OC2)CC1. The molecular formula is C17H27N3O2. The Balaban J connectivity index is 1.60. The zero-order valence-electron chi connectivity index (χ0n) is 13.3. The quantitative estimate of drug-likeness (QED) is 0.730. The van der Waals surface area contributed by atoms with Crippen molar-refractivity contribution in [3.05, 3.63) is 17.7 Å². The Kier molecular flexibility index (Phi) is 4.45. The van der Waals surface area contributed by atoms with Crippen LogP contribution in [0.3, 0.4) is 0 Å². The summed E-state index contributed by atoms with van der Waals surface area (Å²) in [5.41, 5.74) is 19.7. The van der Waals surface area contributed by atoms with E-state index in [1.165, 1.54) is 25.7 Å². The molecule has 5 nitrogen and oxygen atoms in total. The molecule has 3 rings (SSSR count). The van der Waals surface area contributed by atoms with Crippen molar-refractivity contribution in [2.75, 3.05) is 30.4 Å². The van der Waals surface area contributed by atoms with Crippen molar-refractivity contribution >= 4 is 17.1 Å². The Morgan fingerprint density at radius 2 is 1.41 bits per heavy atom. The van der Waals surface area contributed by atoms with Crippen LogP contribution in [0.1, 0.15) is 44.5 Å². The number of nitrogen functional groups attached to an aromatic ring is 3. The summed E-state index contributed by atoms with van der Waals surface area (Å²) < 4.78 is 11.9. The molecule has 22 heavy (non-hydrogen) atoms. The summed E-state index contributed by atoms with van der Waals surface area (Å²) in [6.45, 7) is 3.83. The van der Waals surface area contributed by atoms with Gasteiger partial charge in [-0.05, 0) is 36.8 Å². The fourth-order valence-electron chi connectivity index (χ4n) is 3.60. The molecule has 122 valence electrons. The van der Waals surface area contributed by atoms with E-state index < -0.39 is 0 Å². The third-order valence-corrected chi connectivity index (χ3v) is 5.19. The van der Waals surface area contributed by atoms with Gasteiger partial charge in [0.1, 0.15) is 0 Å². The summed E-state index contributed by atoms with van der Waals surface area (Å²) in [5.74, 6) is 2.11. The predicted octanol–water partition coefficient (Wildman–Crippen LogP) is 2.92.